The van der Waals surface area contributed by atoms with E-state index in [4.69, 9.17) is 5.73 Å². The normalized spacial score (nSPS) is 17.9. The van der Waals surface area contributed by atoms with E-state index in [0.29, 0.717) is 31.6 Å². The molecule has 0 spiro atoms. The lowest BCUT2D eigenvalue weighted by molar-refractivity contribution is -0.125. The fourth-order valence-electron chi connectivity index (χ4n) is 2.35. The van der Waals surface area contributed by atoms with Crippen LogP contribution in [0.25, 0.3) is 0 Å². The number of sulfonamides is 1. The monoisotopic (exact) mass is 297 g/mol. The Morgan fingerprint density at radius 2 is 1.80 bits per heavy atom. The Hall–Kier alpha value is -1.60. The second-order valence-electron chi connectivity index (χ2n) is 4.86. The van der Waals surface area contributed by atoms with Crippen molar-refractivity contribution in [2.75, 3.05) is 25.9 Å². The van der Waals surface area contributed by atoms with Crippen LogP contribution in [-0.2, 0) is 14.8 Å². The zero-order valence-corrected chi connectivity index (χ0v) is 12.2. The lowest BCUT2D eigenvalue weighted by atomic mass is 9.97. The van der Waals surface area contributed by atoms with Crippen molar-refractivity contribution in [3.05, 3.63) is 24.3 Å². The lowest BCUT2D eigenvalue weighted by Crippen LogP contribution is -2.42. The Morgan fingerprint density at radius 3 is 2.30 bits per heavy atom. The van der Waals surface area contributed by atoms with E-state index in [9.17, 15) is 13.2 Å². The first-order valence-electron chi connectivity index (χ1n) is 6.52. The molecule has 1 fully saturated rings. The molecule has 0 unspecified atom stereocenters. The fraction of sp³-hybridized carbons (Fsp3) is 0.462. The molecular weight excluding hydrogens is 278 g/mol. The van der Waals surface area contributed by atoms with Crippen LogP contribution in [0.15, 0.2) is 29.2 Å². The number of rotatable bonds is 3. The molecule has 1 aromatic carbocycles. The quantitative estimate of drug-likeness (QED) is 0.791. The highest BCUT2D eigenvalue weighted by atomic mass is 32.2. The molecule has 1 aromatic rings. The number of nitrogens with one attached hydrogen (secondary N) is 1. The fourth-order valence-corrected chi connectivity index (χ4v) is 3.82. The van der Waals surface area contributed by atoms with E-state index >= 15 is 0 Å². The van der Waals surface area contributed by atoms with E-state index in [1.165, 1.54) is 16.4 Å². The zero-order valence-electron chi connectivity index (χ0n) is 11.4. The van der Waals surface area contributed by atoms with Crippen LogP contribution in [0, 0.1) is 5.92 Å². The van der Waals surface area contributed by atoms with Gasteiger partial charge in [-0.15, -0.1) is 0 Å². The number of anilines is 1. The first-order valence-corrected chi connectivity index (χ1v) is 7.96. The maximum absolute atomic E-state index is 12.4. The van der Waals surface area contributed by atoms with Crippen LogP contribution in [-0.4, -0.2) is 38.8 Å². The Bertz CT molecular complexity index is 575. The summed E-state index contributed by atoms with van der Waals surface area (Å²) in [7, 11) is -1.89. The van der Waals surface area contributed by atoms with Gasteiger partial charge in [0.05, 0.1) is 4.90 Å². The molecule has 0 saturated carbocycles. The Morgan fingerprint density at radius 1 is 1.25 bits per heavy atom. The summed E-state index contributed by atoms with van der Waals surface area (Å²) in [5.41, 5.74) is 6.09. The van der Waals surface area contributed by atoms with Gasteiger partial charge in [0.2, 0.25) is 15.9 Å². The molecule has 6 nitrogen and oxygen atoms in total. The van der Waals surface area contributed by atoms with Crippen molar-refractivity contribution in [3.63, 3.8) is 0 Å². The lowest BCUT2D eigenvalue weighted by Gasteiger charge is -2.30. The standard InChI is InChI=1S/C13H19N3O3S/c1-15-13(17)10-6-8-16(9-7-10)20(18,19)12-4-2-11(14)3-5-12/h2-5,10H,6-9,14H2,1H3,(H,15,17). The molecule has 2 rings (SSSR count). The second-order valence-corrected chi connectivity index (χ2v) is 6.80. The van der Waals surface area contributed by atoms with Gasteiger partial charge in [-0.3, -0.25) is 4.79 Å². The first kappa shape index (κ1) is 14.8. The molecule has 1 saturated heterocycles. The molecular formula is C13H19N3O3S. The number of benzene rings is 1. The summed E-state index contributed by atoms with van der Waals surface area (Å²) in [6.45, 7) is 0.732. The number of carbonyl (C=O) groups is 1. The second kappa shape index (κ2) is 5.80. The molecule has 0 atom stereocenters. The van der Waals surface area contributed by atoms with Gasteiger partial charge in [0, 0.05) is 31.7 Å². The number of piperidine rings is 1. The number of amides is 1. The van der Waals surface area contributed by atoms with E-state index in [1.54, 1.807) is 19.2 Å². The van der Waals surface area contributed by atoms with Gasteiger partial charge in [-0.05, 0) is 37.1 Å². The predicted molar refractivity (Wildman–Crippen MR) is 76.4 cm³/mol. The van der Waals surface area contributed by atoms with Crippen LogP contribution in [0.3, 0.4) is 0 Å². The number of hydrogen-bond acceptors (Lipinski definition) is 4. The van der Waals surface area contributed by atoms with Crippen LogP contribution in [0.2, 0.25) is 0 Å². The average Bonchev–Trinajstić information content (AvgIpc) is 2.47. The van der Waals surface area contributed by atoms with Gasteiger partial charge < -0.3 is 11.1 Å². The van der Waals surface area contributed by atoms with Crippen molar-refractivity contribution in [3.8, 4) is 0 Å². The Labute approximate surface area is 119 Å². The van der Waals surface area contributed by atoms with Crippen LogP contribution in [0.4, 0.5) is 5.69 Å². The SMILES string of the molecule is CNC(=O)C1CCN(S(=O)(=O)c2ccc(N)cc2)CC1. The van der Waals surface area contributed by atoms with Crippen molar-refractivity contribution >= 4 is 21.6 Å². The van der Waals surface area contributed by atoms with Gasteiger partial charge in [0.15, 0.2) is 0 Å². The largest absolute Gasteiger partial charge is 0.399 e. The van der Waals surface area contributed by atoms with Crippen molar-refractivity contribution in [2.45, 2.75) is 17.7 Å². The van der Waals surface area contributed by atoms with Crippen molar-refractivity contribution in [1.82, 2.24) is 9.62 Å². The minimum Gasteiger partial charge on any atom is -0.399 e. The Balaban J connectivity index is 2.09. The number of hydrogen-bond donors (Lipinski definition) is 2. The molecule has 0 aliphatic carbocycles. The van der Waals surface area contributed by atoms with Gasteiger partial charge in [-0.25, -0.2) is 8.42 Å². The summed E-state index contributed by atoms with van der Waals surface area (Å²) < 4.78 is 26.3. The van der Waals surface area contributed by atoms with E-state index in [0.717, 1.165) is 0 Å². The molecule has 1 heterocycles. The zero-order chi connectivity index (χ0) is 14.8. The van der Waals surface area contributed by atoms with Gasteiger partial charge in [0.1, 0.15) is 0 Å². The predicted octanol–water partition coefficient (Wildman–Crippen LogP) is 0.416. The summed E-state index contributed by atoms with van der Waals surface area (Å²) in [5.74, 6) is -0.118. The van der Waals surface area contributed by atoms with E-state index in [1.807, 2.05) is 0 Å². The molecule has 110 valence electrons. The highest BCUT2D eigenvalue weighted by Gasteiger charge is 2.31. The van der Waals surface area contributed by atoms with Crippen LogP contribution >= 0.6 is 0 Å². The topological polar surface area (TPSA) is 92.5 Å². The van der Waals surface area contributed by atoms with Crippen LogP contribution in [0.1, 0.15) is 12.8 Å². The third kappa shape index (κ3) is 2.94. The molecule has 3 N–H and O–H groups in total. The molecule has 1 aliphatic heterocycles. The molecule has 7 heteroatoms. The number of nitrogens with zero attached hydrogens (tertiary/aromatic N) is 1. The third-order valence-electron chi connectivity index (χ3n) is 3.59. The van der Waals surface area contributed by atoms with Crippen LogP contribution in [0.5, 0.6) is 0 Å². The molecule has 1 amide bonds. The van der Waals surface area contributed by atoms with Crippen LogP contribution < -0.4 is 11.1 Å². The van der Waals surface area contributed by atoms with E-state index in [2.05, 4.69) is 5.32 Å². The molecule has 20 heavy (non-hydrogen) atoms. The van der Waals surface area contributed by atoms with E-state index < -0.39 is 10.0 Å². The van der Waals surface area contributed by atoms with E-state index in [-0.39, 0.29) is 16.7 Å². The summed E-state index contributed by atoms with van der Waals surface area (Å²) >= 11 is 0. The first-order chi connectivity index (χ1) is 9.45. The van der Waals surface area contributed by atoms with Gasteiger partial charge in [-0.1, -0.05) is 0 Å². The smallest absolute Gasteiger partial charge is 0.243 e. The summed E-state index contributed by atoms with van der Waals surface area (Å²) in [4.78, 5) is 11.8. The number of nitrogens with two attached hydrogens (primary N) is 1. The Kier molecular flexibility index (Phi) is 4.29. The summed E-state index contributed by atoms with van der Waals surface area (Å²) in [6, 6.07) is 6.17. The maximum Gasteiger partial charge on any atom is 0.243 e. The minimum atomic E-state index is -3.49. The minimum absolute atomic E-state index is 0.0190. The maximum atomic E-state index is 12.4. The molecule has 0 bridgehead atoms. The van der Waals surface area contributed by atoms with Gasteiger partial charge in [0.25, 0.3) is 0 Å². The highest BCUT2D eigenvalue weighted by Crippen LogP contribution is 2.24. The van der Waals surface area contributed by atoms with Gasteiger partial charge in [-0.2, -0.15) is 4.31 Å². The van der Waals surface area contributed by atoms with Crippen molar-refractivity contribution < 1.29 is 13.2 Å². The number of nitrogen functional groups attached to an aromatic ring is 1. The summed E-state index contributed by atoms with van der Waals surface area (Å²) in [6.07, 6.45) is 1.10. The van der Waals surface area contributed by atoms with Gasteiger partial charge >= 0.3 is 0 Å². The number of carbonyl (C=O) groups excluding carboxylic acids is 1. The van der Waals surface area contributed by atoms with Crippen molar-refractivity contribution in [1.29, 1.82) is 0 Å². The highest BCUT2D eigenvalue weighted by molar-refractivity contribution is 7.89. The van der Waals surface area contributed by atoms with Crippen molar-refractivity contribution in [2.24, 2.45) is 5.92 Å². The third-order valence-corrected chi connectivity index (χ3v) is 5.50. The summed E-state index contributed by atoms with van der Waals surface area (Å²) in [5, 5.41) is 2.61. The molecule has 1 aliphatic rings. The molecule has 0 aromatic heterocycles. The molecule has 0 radical (unpaired) electrons. The average molecular weight is 297 g/mol.